The van der Waals surface area contributed by atoms with Crippen LogP contribution in [0.1, 0.15) is 26.7 Å². The molecule has 0 unspecified atom stereocenters. The van der Waals surface area contributed by atoms with Crippen molar-refractivity contribution in [1.82, 2.24) is 0 Å². The van der Waals surface area contributed by atoms with E-state index in [4.69, 9.17) is 4.74 Å². The van der Waals surface area contributed by atoms with E-state index in [0.29, 0.717) is 0 Å². The summed E-state index contributed by atoms with van der Waals surface area (Å²) in [6.07, 6.45) is 6.55. The minimum atomic E-state index is 0.790. The first-order valence-corrected chi connectivity index (χ1v) is 4.63. The first kappa shape index (κ1) is 7.66. The highest BCUT2D eigenvalue weighted by Crippen LogP contribution is 2.37. The molecular formula is C11H14O. The molecule has 1 nitrogen and oxygen atoms in total. The molecule has 0 aromatic carbocycles. The maximum atomic E-state index is 5.57. The molecule has 0 atom stereocenters. The fourth-order valence-corrected chi connectivity index (χ4v) is 1.86. The summed E-state index contributed by atoms with van der Waals surface area (Å²) in [6.45, 7) is 5.14. The highest BCUT2D eigenvalue weighted by molar-refractivity contribution is 5.58. The van der Waals surface area contributed by atoms with Crippen molar-refractivity contribution in [3.05, 3.63) is 34.6 Å². The summed E-state index contributed by atoms with van der Waals surface area (Å²) in [7, 11) is 0. The maximum Gasteiger partial charge on any atom is 0.114 e. The summed E-state index contributed by atoms with van der Waals surface area (Å²) >= 11 is 0. The van der Waals surface area contributed by atoms with E-state index in [9.17, 15) is 0 Å². The zero-order valence-electron chi connectivity index (χ0n) is 7.68. The second-order valence-electron chi connectivity index (χ2n) is 3.18. The molecular weight excluding hydrogens is 148 g/mol. The highest BCUT2D eigenvalue weighted by Gasteiger charge is 2.24. The Morgan fingerprint density at radius 2 is 2.08 bits per heavy atom. The van der Waals surface area contributed by atoms with E-state index < -0.39 is 0 Å². The average Bonchev–Trinajstić information content (AvgIpc) is 2.62. The van der Waals surface area contributed by atoms with E-state index in [1.807, 2.05) is 0 Å². The van der Waals surface area contributed by atoms with Crippen molar-refractivity contribution in [3.8, 4) is 0 Å². The van der Waals surface area contributed by atoms with Gasteiger partial charge in [0.2, 0.25) is 0 Å². The van der Waals surface area contributed by atoms with Crippen LogP contribution in [-0.4, -0.2) is 6.61 Å². The molecule has 12 heavy (non-hydrogen) atoms. The van der Waals surface area contributed by atoms with Crippen molar-refractivity contribution in [3.63, 3.8) is 0 Å². The minimum Gasteiger partial charge on any atom is -0.493 e. The lowest BCUT2D eigenvalue weighted by Crippen LogP contribution is -1.86. The van der Waals surface area contributed by atoms with Crippen LogP contribution in [0.15, 0.2) is 34.6 Å². The second-order valence-corrected chi connectivity index (χ2v) is 3.18. The third-order valence-electron chi connectivity index (χ3n) is 2.51. The van der Waals surface area contributed by atoms with Gasteiger partial charge in [-0.2, -0.15) is 0 Å². The molecule has 1 aliphatic carbocycles. The quantitative estimate of drug-likeness (QED) is 0.606. The van der Waals surface area contributed by atoms with Gasteiger partial charge in [-0.1, -0.05) is 26.0 Å². The van der Waals surface area contributed by atoms with Gasteiger partial charge in [0.1, 0.15) is 12.4 Å². The summed E-state index contributed by atoms with van der Waals surface area (Å²) < 4.78 is 5.57. The molecule has 0 fully saturated rings. The van der Waals surface area contributed by atoms with Gasteiger partial charge in [-0.05, 0) is 12.0 Å². The number of hydrogen-bond donors (Lipinski definition) is 0. The van der Waals surface area contributed by atoms with Crippen molar-refractivity contribution in [2.45, 2.75) is 26.7 Å². The van der Waals surface area contributed by atoms with Crippen LogP contribution in [0.5, 0.6) is 0 Å². The van der Waals surface area contributed by atoms with Crippen molar-refractivity contribution < 1.29 is 4.74 Å². The Bertz CT molecular complexity index is 292. The van der Waals surface area contributed by atoms with Crippen LogP contribution < -0.4 is 0 Å². The molecule has 0 spiro atoms. The lowest BCUT2D eigenvalue weighted by Gasteiger charge is -2.03. The van der Waals surface area contributed by atoms with Gasteiger partial charge < -0.3 is 4.74 Å². The molecule has 1 aliphatic heterocycles. The predicted octanol–water partition coefficient (Wildman–Crippen LogP) is 2.96. The first-order valence-electron chi connectivity index (χ1n) is 4.63. The second kappa shape index (κ2) is 2.81. The first-order chi connectivity index (χ1) is 5.86. The van der Waals surface area contributed by atoms with E-state index >= 15 is 0 Å². The van der Waals surface area contributed by atoms with E-state index in [2.05, 4.69) is 26.0 Å². The van der Waals surface area contributed by atoms with E-state index in [1.54, 1.807) is 0 Å². The topological polar surface area (TPSA) is 9.23 Å². The van der Waals surface area contributed by atoms with Crippen LogP contribution in [0.3, 0.4) is 0 Å². The molecule has 0 aromatic rings. The smallest absolute Gasteiger partial charge is 0.114 e. The predicted molar refractivity (Wildman–Crippen MR) is 49.7 cm³/mol. The molecule has 0 radical (unpaired) electrons. The van der Waals surface area contributed by atoms with E-state index in [-0.39, 0.29) is 0 Å². The van der Waals surface area contributed by atoms with E-state index in [0.717, 1.165) is 19.4 Å². The molecule has 1 heteroatoms. The van der Waals surface area contributed by atoms with Crippen LogP contribution in [0.25, 0.3) is 0 Å². The lowest BCUT2D eigenvalue weighted by molar-refractivity contribution is 0.252. The Hall–Kier alpha value is -0.980. The van der Waals surface area contributed by atoms with Crippen molar-refractivity contribution in [1.29, 1.82) is 0 Å². The van der Waals surface area contributed by atoms with Crippen LogP contribution in [0.4, 0.5) is 0 Å². The maximum absolute atomic E-state index is 5.57. The Balaban J connectivity index is 2.38. The van der Waals surface area contributed by atoms with Gasteiger partial charge in [0.05, 0.1) is 0 Å². The van der Waals surface area contributed by atoms with E-state index in [1.165, 1.54) is 22.5 Å². The Kier molecular flexibility index (Phi) is 1.80. The summed E-state index contributed by atoms with van der Waals surface area (Å²) in [5, 5.41) is 0. The number of fused-ring (bicyclic) bond motifs is 1. The third kappa shape index (κ3) is 0.927. The SMILES string of the molecule is CCC1=CC=C2COC(CC)=C12. The van der Waals surface area contributed by atoms with Gasteiger partial charge >= 0.3 is 0 Å². The van der Waals surface area contributed by atoms with Crippen molar-refractivity contribution in [2.24, 2.45) is 0 Å². The van der Waals surface area contributed by atoms with Gasteiger partial charge in [0.25, 0.3) is 0 Å². The van der Waals surface area contributed by atoms with Crippen LogP contribution >= 0.6 is 0 Å². The lowest BCUT2D eigenvalue weighted by atomic mass is 10.0. The molecule has 2 aliphatic rings. The van der Waals surface area contributed by atoms with Gasteiger partial charge in [-0.15, -0.1) is 0 Å². The van der Waals surface area contributed by atoms with Crippen molar-refractivity contribution in [2.75, 3.05) is 6.61 Å². The summed E-state index contributed by atoms with van der Waals surface area (Å²) in [4.78, 5) is 0. The van der Waals surface area contributed by atoms with Crippen LogP contribution in [0, 0.1) is 0 Å². The van der Waals surface area contributed by atoms with Gasteiger partial charge in [-0.25, -0.2) is 0 Å². The van der Waals surface area contributed by atoms with Gasteiger partial charge in [0, 0.05) is 17.6 Å². The normalized spacial score (nSPS) is 20.5. The zero-order chi connectivity index (χ0) is 8.55. The largest absolute Gasteiger partial charge is 0.493 e. The zero-order valence-corrected chi connectivity index (χ0v) is 7.68. The third-order valence-corrected chi connectivity index (χ3v) is 2.51. The van der Waals surface area contributed by atoms with Crippen LogP contribution in [-0.2, 0) is 4.74 Å². The Morgan fingerprint density at radius 1 is 1.25 bits per heavy atom. The molecule has 2 rings (SSSR count). The molecule has 0 aromatic heterocycles. The van der Waals surface area contributed by atoms with Gasteiger partial charge in [-0.3, -0.25) is 0 Å². The number of rotatable bonds is 2. The standard InChI is InChI=1S/C11H14O/c1-3-8-5-6-9-7-12-10(4-2)11(8)9/h5-6H,3-4,7H2,1-2H3. The molecule has 0 N–H and O–H groups in total. The summed E-state index contributed by atoms with van der Waals surface area (Å²) in [5.74, 6) is 1.19. The molecule has 64 valence electrons. The Labute approximate surface area is 73.4 Å². The average molecular weight is 162 g/mol. The molecule has 0 saturated heterocycles. The van der Waals surface area contributed by atoms with Crippen molar-refractivity contribution >= 4 is 0 Å². The summed E-state index contributed by atoms with van der Waals surface area (Å²) in [6, 6.07) is 0. The van der Waals surface area contributed by atoms with Crippen LogP contribution in [0.2, 0.25) is 0 Å². The highest BCUT2D eigenvalue weighted by atomic mass is 16.5. The fraction of sp³-hybridized carbons (Fsp3) is 0.455. The molecule has 1 heterocycles. The Morgan fingerprint density at radius 3 is 2.75 bits per heavy atom. The molecule has 0 saturated carbocycles. The fourth-order valence-electron chi connectivity index (χ4n) is 1.86. The number of hydrogen-bond acceptors (Lipinski definition) is 1. The minimum absolute atomic E-state index is 0.790. The molecule has 0 bridgehead atoms. The number of ether oxygens (including phenoxy) is 1. The summed E-state index contributed by atoms with van der Waals surface area (Å²) in [5.41, 5.74) is 4.23. The number of allylic oxidation sites excluding steroid dienone is 4. The molecule has 0 amide bonds. The monoisotopic (exact) mass is 162 g/mol. The van der Waals surface area contributed by atoms with Gasteiger partial charge in [0.15, 0.2) is 0 Å².